The summed E-state index contributed by atoms with van der Waals surface area (Å²) in [7, 11) is 1.63. The molecule has 0 fully saturated rings. The zero-order chi connectivity index (χ0) is 19.7. The van der Waals surface area contributed by atoms with Gasteiger partial charge in [-0.2, -0.15) is 0 Å². The topological polar surface area (TPSA) is 88.3 Å². The second kappa shape index (κ2) is 11.8. The fourth-order valence-corrected chi connectivity index (χ4v) is 2.41. The van der Waals surface area contributed by atoms with Gasteiger partial charge in [0.15, 0.2) is 5.96 Å². The molecule has 0 aliphatic rings. The van der Waals surface area contributed by atoms with Crippen LogP contribution in [0.3, 0.4) is 0 Å². The molecule has 1 heterocycles. The molecular weight excluding hydrogens is 473 g/mol. The lowest BCUT2D eigenvalue weighted by Crippen LogP contribution is -2.42. The molecule has 0 spiro atoms. The molecule has 0 radical (unpaired) electrons. The first-order chi connectivity index (χ1) is 12.9. The molecule has 2 rings (SSSR count). The van der Waals surface area contributed by atoms with Crippen LogP contribution in [0.4, 0.5) is 0 Å². The summed E-state index contributed by atoms with van der Waals surface area (Å²) in [5.74, 6) is 2.65. The van der Waals surface area contributed by atoms with Gasteiger partial charge >= 0.3 is 0 Å². The minimum atomic E-state index is -1.17. The van der Waals surface area contributed by atoms with Crippen molar-refractivity contribution in [3.8, 4) is 11.5 Å². The van der Waals surface area contributed by atoms with Crippen molar-refractivity contribution in [2.45, 2.75) is 32.5 Å². The number of guanidine groups is 1. The molecule has 7 nitrogen and oxygen atoms in total. The van der Waals surface area contributed by atoms with E-state index >= 15 is 0 Å². The van der Waals surface area contributed by atoms with E-state index in [2.05, 4.69) is 15.6 Å². The van der Waals surface area contributed by atoms with Gasteiger partial charge in [-0.1, -0.05) is 0 Å². The average molecular weight is 503 g/mol. The third kappa shape index (κ3) is 7.59. The fraction of sp³-hybridized carbons (Fsp3) is 0.450. The quantitative estimate of drug-likeness (QED) is 0.277. The number of rotatable bonds is 9. The van der Waals surface area contributed by atoms with Gasteiger partial charge in [0.2, 0.25) is 0 Å². The number of hydrogen-bond acceptors (Lipinski definition) is 5. The minimum absolute atomic E-state index is 0. The van der Waals surface area contributed by atoms with E-state index in [9.17, 15) is 5.11 Å². The summed E-state index contributed by atoms with van der Waals surface area (Å²) >= 11 is 0. The molecule has 0 saturated heterocycles. The van der Waals surface area contributed by atoms with E-state index in [1.54, 1.807) is 26.2 Å². The summed E-state index contributed by atoms with van der Waals surface area (Å²) in [4.78, 5) is 4.46. The standard InChI is InChI=1S/C20H29N3O4.HI/c1-5-21-19(23-14-20(3,24)18-7-6-12-26-18)22-13-15(2)27-17-10-8-16(25-4)9-11-17;/h6-12,15,24H,5,13-14H2,1-4H3,(H2,21,22,23);1H. The molecule has 2 atom stereocenters. The Labute approximate surface area is 183 Å². The van der Waals surface area contributed by atoms with Crippen molar-refractivity contribution in [2.75, 3.05) is 26.7 Å². The summed E-state index contributed by atoms with van der Waals surface area (Å²) in [6.07, 6.45) is 1.46. The Bertz CT molecular complexity index is 703. The van der Waals surface area contributed by atoms with Crippen LogP contribution in [0.25, 0.3) is 0 Å². The van der Waals surface area contributed by atoms with Gasteiger partial charge in [-0.3, -0.25) is 0 Å². The van der Waals surface area contributed by atoms with Gasteiger partial charge in [-0.15, -0.1) is 24.0 Å². The van der Waals surface area contributed by atoms with E-state index in [4.69, 9.17) is 13.9 Å². The Hall–Kier alpha value is -1.94. The van der Waals surface area contributed by atoms with Crippen molar-refractivity contribution in [1.29, 1.82) is 0 Å². The maximum atomic E-state index is 10.5. The first kappa shape index (κ1) is 24.1. The van der Waals surface area contributed by atoms with Crippen molar-refractivity contribution >= 4 is 29.9 Å². The van der Waals surface area contributed by atoms with Crippen LogP contribution in [0.5, 0.6) is 11.5 Å². The Morgan fingerprint density at radius 3 is 2.46 bits per heavy atom. The second-order valence-corrected chi connectivity index (χ2v) is 6.43. The number of methoxy groups -OCH3 is 1. The number of nitrogens with zero attached hydrogens (tertiary/aromatic N) is 1. The Kier molecular flexibility index (Phi) is 10.2. The number of furan rings is 1. The third-order valence-electron chi connectivity index (χ3n) is 3.89. The van der Waals surface area contributed by atoms with Crippen molar-refractivity contribution in [2.24, 2.45) is 4.99 Å². The summed E-state index contributed by atoms with van der Waals surface area (Å²) < 4.78 is 16.3. The number of nitrogens with one attached hydrogen (secondary N) is 2. The van der Waals surface area contributed by atoms with Crippen molar-refractivity contribution in [3.63, 3.8) is 0 Å². The molecule has 0 aliphatic heterocycles. The lowest BCUT2D eigenvalue weighted by molar-refractivity contribution is 0.0437. The van der Waals surface area contributed by atoms with Gasteiger partial charge < -0.3 is 29.6 Å². The summed E-state index contributed by atoms with van der Waals surface area (Å²) in [5.41, 5.74) is -1.17. The highest BCUT2D eigenvalue weighted by atomic mass is 127. The van der Waals surface area contributed by atoms with E-state index in [-0.39, 0.29) is 36.6 Å². The van der Waals surface area contributed by atoms with Crippen LogP contribution >= 0.6 is 24.0 Å². The maximum Gasteiger partial charge on any atom is 0.191 e. The predicted octanol–water partition coefficient (Wildman–Crippen LogP) is 3.14. The molecular formula is C20H30IN3O4. The summed E-state index contributed by atoms with van der Waals surface area (Å²) in [6.45, 7) is 7.07. The van der Waals surface area contributed by atoms with E-state index < -0.39 is 5.60 Å². The molecule has 0 amide bonds. The number of halogens is 1. The van der Waals surface area contributed by atoms with Gasteiger partial charge in [0.25, 0.3) is 0 Å². The maximum absolute atomic E-state index is 10.5. The fourth-order valence-electron chi connectivity index (χ4n) is 2.41. The van der Waals surface area contributed by atoms with Gasteiger partial charge in [-0.25, -0.2) is 4.99 Å². The monoisotopic (exact) mass is 503 g/mol. The zero-order valence-corrected chi connectivity index (χ0v) is 19.1. The van der Waals surface area contributed by atoms with Gasteiger partial charge in [0.05, 0.1) is 26.5 Å². The van der Waals surface area contributed by atoms with E-state index in [0.717, 1.165) is 11.5 Å². The highest BCUT2D eigenvalue weighted by molar-refractivity contribution is 14.0. The number of aliphatic imine (C=N–C) groups is 1. The molecule has 0 bridgehead atoms. The molecule has 1 aromatic carbocycles. The van der Waals surface area contributed by atoms with Crippen LogP contribution in [0.1, 0.15) is 26.5 Å². The molecule has 28 heavy (non-hydrogen) atoms. The number of aliphatic hydroxyl groups is 1. The third-order valence-corrected chi connectivity index (χ3v) is 3.89. The van der Waals surface area contributed by atoms with E-state index in [1.807, 2.05) is 38.1 Å². The van der Waals surface area contributed by atoms with E-state index in [0.29, 0.717) is 24.8 Å². The Morgan fingerprint density at radius 1 is 1.21 bits per heavy atom. The SMILES string of the molecule is CCNC(=NCC(C)(O)c1ccco1)NCC(C)Oc1ccc(OC)cc1.I. The van der Waals surface area contributed by atoms with Crippen molar-refractivity contribution < 1.29 is 19.0 Å². The molecule has 2 aromatic rings. The molecule has 1 aromatic heterocycles. The molecule has 2 unspecified atom stereocenters. The van der Waals surface area contributed by atoms with Crippen LogP contribution in [-0.2, 0) is 5.60 Å². The largest absolute Gasteiger partial charge is 0.497 e. The van der Waals surface area contributed by atoms with Crippen LogP contribution in [0, 0.1) is 0 Å². The highest BCUT2D eigenvalue weighted by Gasteiger charge is 2.26. The van der Waals surface area contributed by atoms with Crippen LogP contribution in [0.15, 0.2) is 52.1 Å². The van der Waals surface area contributed by atoms with Crippen LogP contribution in [-0.4, -0.2) is 43.9 Å². The van der Waals surface area contributed by atoms with Crippen molar-refractivity contribution in [1.82, 2.24) is 10.6 Å². The Balaban J connectivity index is 0.00000392. The number of hydrogen-bond donors (Lipinski definition) is 3. The van der Waals surface area contributed by atoms with Crippen molar-refractivity contribution in [3.05, 3.63) is 48.4 Å². The van der Waals surface area contributed by atoms with Crippen LogP contribution in [0.2, 0.25) is 0 Å². The normalized spacial score (nSPS) is 14.4. The highest BCUT2D eigenvalue weighted by Crippen LogP contribution is 2.21. The predicted molar refractivity (Wildman–Crippen MR) is 121 cm³/mol. The number of benzene rings is 1. The van der Waals surface area contributed by atoms with Gasteiger partial charge in [0, 0.05) is 6.54 Å². The van der Waals surface area contributed by atoms with E-state index in [1.165, 1.54) is 6.26 Å². The first-order valence-electron chi connectivity index (χ1n) is 9.04. The van der Waals surface area contributed by atoms with Gasteiger partial charge in [0.1, 0.15) is 29.0 Å². The second-order valence-electron chi connectivity index (χ2n) is 6.43. The minimum Gasteiger partial charge on any atom is -0.497 e. The Morgan fingerprint density at radius 2 is 1.89 bits per heavy atom. The average Bonchev–Trinajstić information content (AvgIpc) is 3.20. The molecule has 0 aliphatic carbocycles. The molecule has 3 N–H and O–H groups in total. The summed E-state index contributed by atoms with van der Waals surface area (Å²) in [5, 5.41) is 16.9. The summed E-state index contributed by atoms with van der Waals surface area (Å²) in [6, 6.07) is 10.9. The molecule has 8 heteroatoms. The van der Waals surface area contributed by atoms with Crippen LogP contribution < -0.4 is 20.1 Å². The lowest BCUT2D eigenvalue weighted by Gasteiger charge is -2.21. The first-order valence-corrected chi connectivity index (χ1v) is 9.04. The molecule has 0 saturated carbocycles. The lowest BCUT2D eigenvalue weighted by atomic mass is 10.0. The number of ether oxygens (including phenoxy) is 2. The molecule has 156 valence electrons. The smallest absolute Gasteiger partial charge is 0.191 e. The zero-order valence-electron chi connectivity index (χ0n) is 16.8. The van der Waals surface area contributed by atoms with Gasteiger partial charge in [-0.05, 0) is 57.2 Å².